The van der Waals surface area contributed by atoms with Crippen LogP contribution in [-0.2, 0) is 32.7 Å². The molecule has 0 radical (unpaired) electrons. The predicted octanol–water partition coefficient (Wildman–Crippen LogP) is 10.8. The van der Waals surface area contributed by atoms with E-state index in [0.29, 0.717) is 6.42 Å². The Bertz CT molecular complexity index is 754. The van der Waals surface area contributed by atoms with Crippen LogP contribution in [0.5, 0.6) is 0 Å². The second-order valence-corrected chi connectivity index (χ2v) is 14.9. The molecule has 0 rings (SSSR count). The van der Waals surface area contributed by atoms with Gasteiger partial charge in [-0.3, -0.25) is 14.2 Å². The molecule has 0 saturated carbocycles. The normalized spacial score (nSPS) is 13.4. The van der Waals surface area contributed by atoms with E-state index in [4.69, 9.17) is 18.5 Å². The average Bonchev–Trinajstić information content (AvgIpc) is 3.05. The second-order valence-electron chi connectivity index (χ2n) is 13.1. The van der Waals surface area contributed by atoms with Gasteiger partial charge in [-0.1, -0.05) is 168 Å². The maximum Gasteiger partial charge on any atom is 0.306 e. The van der Waals surface area contributed by atoms with Crippen LogP contribution >= 0.6 is 20.5 Å². The van der Waals surface area contributed by atoms with Gasteiger partial charge in [-0.2, -0.15) is 12.6 Å². The summed E-state index contributed by atoms with van der Waals surface area (Å²) >= 11 is 3.94. The van der Waals surface area contributed by atoms with E-state index in [1.807, 2.05) is 0 Å². The highest BCUT2D eigenvalue weighted by Crippen LogP contribution is 2.38. The van der Waals surface area contributed by atoms with Crippen molar-refractivity contribution in [1.29, 1.82) is 0 Å². The lowest BCUT2D eigenvalue weighted by molar-refractivity contribution is -0.227. The zero-order valence-electron chi connectivity index (χ0n) is 30.4. The molecule has 280 valence electrons. The third-order valence-corrected chi connectivity index (χ3v) is 9.60. The molecule has 0 aliphatic heterocycles. The van der Waals surface area contributed by atoms with E-state index in [9.17, 15) is 19.0 Å². The number of rotatable bonds is 37. The number of phosphoric acid groups is 1. The van der Waals surface area contributed by atoms with Gasteiger partial charge in [-0.25, -0.2) is 0 Å². The van der Waals surface area contributed by atoms with Gasteiger partial charge < -0.3 is 23.4 Å². The summed E-state index contributed by atoms with van der Waals surface area (Å²) in [5.74, 6) is -0.627. The summed E-state index contributed by atoms with van der Waals surface area (Å²) in [6.07, 6.45) is 31.1. The van der Waals surface area contributed by atoms with Crippen LogP contribution in [0.25, 0.3) is 0 Å². The highest BCUT2D eigenvalue weighted by molar-refractivity contribution is 7.80. The predicted molar refractivity (Wildman–Crippen MR) is 195 cm³/mol. The molecule has 0 heterocycles. The lowest BCUT2D eigenvalue weighted by Gasteiger charge is -2.25. The number of hydrogen-bond acceptors (Lipinski definition) is 9. The highest BCUT2D eigenvalue weighted by Gasteiger charge is 2.21. The zero-order valence-corrected chi connectivity index (χ0v) is 32.2. The minimum absolute atomic E-state index is 0.124. The molecule has 2 atom stereocenters. The van der Waals surface area contributed by atoms with E-state index in [2.05, 4.69) is 26.5 Å². The fourth-order valence-electron chi connectivity index (χ4n) is 5.56. The Kier molecular flexibility index (Phi) is 34.8. The summed E-state index contributed by atoms with van der Waals surface area (Å²) in [7, 11) is -4.58. The van der Waals surface area contributed by atoms with E-state index in [-0.39, 0.29) is 37.8 Å². The van der Waals surface area contributed by atoms with E-state index in [1.165, 1.54) is 128 Å². The molecule has 0 N–H and O–H groups in total. The van der Waals surface area contributed by atoms with Crippen LogP contribution < -0.4 is 4.89 Å². The number of ether oxygens (including phenoxy) is 2. The standard InChI is InChI=1S/C37H73O8PS/c1-3-5-7-9-11-13-15-17-19-21-23-25-27-29-36(38)42-33-35(34-44-46(40,41)43-31-32-47)45-37(39)30-28-26-24-22-20-18-16-14-12-10-8-6-4-2/h35,47H,3-34H2,1-2H3,(H,40,41)/p-1/t35-/m1/s1. The Labute approximate surface area is 294 Å². The van der Waals surface area contributed by atoms with E-state index >= 15 is 0 Å². The fraction of sp³-hybridized carbons (Fsp3) is 0.946. The first kappa shape index (κ1) is 46.4. The third-order valence-electron chi connectivity index (χ3n) is 8.46. The molecule has 47 heavy (non-hydrogen) atoms. The molecule has 0 aliphatic rings. The Balaban J connectivity index is 4.18. The molecular formula is C37H72O8PS-. The SMILES string of the molecule is CCCCCCCCCCCCCCCC(=O)OC[C@H](COP(=O)([O-])OCCS)OC(=O)CCCCCCCCCCCCCCC. The van der Waals surface area contributed by atoms with Crippen molar-refractivity contribution in [3.63, 3.8) is 0 Å². The minimum Gasteiger partial charge on any atom is -0.756 e. The summed E-state index contributed by atoms with van der Waals surface area (Å²) in [6.45, 7) is 3.64. The van der Waals surface area contributed by atoms with Crippen molar-refractivity contribution in [3.05, 3.63) is 0 Å². The Morgan fingerprint density at radius 1 is 0.553 bits per heavy atom. The smallest absolute Gasteiger partial charge is 0.306 e. The molecule has 0 aromatic carbocycles. The molecule has 0 aromatic rings. The van der Waals surface area contributed by atoms with Crippen molar-refractivity contribution in [2.24, 2.45) is 0 Å². The van der Waals surface area contributed by atoms with Crippen LogP contribution in [0.1, 0.15) is 194 Å². The van der Waals surface area contributed by atoms with Crippen molar-refractivity contribution in [2.45, 2.75) is 200 Å². The molecule has 0 fully saturated rings. The fourth-order valence-corrected chi connectivity index (χ4v) is 6.53. The number of hydrogen-bond donors (Lipinski definition) is 1. The van der Waals surface area contributed by atoms with Crippen LogP contribution in [0.3, 0.4) is 0 Å². The second kappa shape index (κ2) is 35.2. The van der Waals surface area contributed by atoms with Crippen LogP contribution in [0.15, 0.2) is 0 Å². The molecular weight excluding hydrogens is 635 g/mol. The lowest BCUT2D eigenvalue weighted by Crippen LogP contribution is -2.30. The monoisotopic (exact) mass is 707 g/mol. The summed E-state index contributed by atoms with van der Waals surface area (Å²) in [5.41, 5.74) is 0. The molecule has 0 spiro atoms. The van der Waals surface area contributed by atoms with E-state index in [1.54, 1.807) is 0 Å². The Hall–Kier alpha value is -0.600. The van der Waals surface area contributed by atoms with Gasteiger partial charge in [-0.05, 0) is 12.8 Å². The molecule has 10 heteroatoms. The molecule has 1 unspecified atom stereocenters. The van der Waals surface area contributed by atoms with Crippen molar-refractivity contribution >= 4 is 32.4 Å². The molecule has 0 saturated heterocycles. The zero-order chi connectivity index (χ0) is 34.7. The lowest BCUT2D eigenvalue weighted by atomic mass is 10.0. The first-order chi connectivity index (χ1) is 22.8. The maximum atomic E-state index is 12.5. The van der Waals surface area contributed by atoms with Crippen molar-refractivity contribution in [1.82, 2.24) is 0 Å². The van der Waals surface area contributed by atoms with Crippen molar-refractivity contribution in [3.8, 4) is 0 Å². The number of unbranched alkanes of at least 4 members (excludes halogenated alkanes) is 24. The van der Waals surface area contributed by atoms with Crippen molar-refractivity contribution < 1.29 is 37.6 Å². The third kappa shape index (κ3) is 35.0. The molecule has 8 nitrogen and oxygen atoms in total. The van der Waals surface area contributed by atoms with Crippen LogP contribution in [0.2, 0.25) is 0 Å². The van der Waals surface area contributed by atoms with Gasteiger partial charge in [0.1, 0.15) is 6.61 Å². The number of thiol groups is 1. The highest BCUT2D eigenvalue weighted by atomic mass is 32.1. The van der Waals surface area contributed by atoms with Gasteiger partial charge >= 0.3 is 11.9 Å². The summed E-state index contributed by atoms with van der Waals surface area (Å²) in [6, 6.07) is 0. The van der Waals surface area contributed by atoms with E-state index < -0.39 is 26.5 Å². The Morgan fingerprint density at radius 3 is 1.30 bits per heavy atom. The summed E-state index contributed by atoms with van der Waals surface area (Å²) in [4.78, 5) is 36.8. The summed E-state index contributed by atoms with van der Waals surface area (Å²) < 4.78 is 32.4. The van der Waals surface area contributed by atoms with Gasteiger partial charge in [0.25, 0.3) is 7.82 Å². The van der Waals surface area contributed by atoms with Gasteiger partial charge in [0.05, 0.1) is 13.2 Å². The average molecular weight is 708 g/mol. The molecule has 0 amide bonds. The first-order valence-corrected chi connectivity index (χ1v) is 21.5. The van der Waals surface area contributed by atoms with Crippen LogP contribution in [0, 0.1) is 0 Å². The quantitative estimate of drug-likeness (QED) is 0.0294. The van der Waals surface area contributed by atoms with Gasteiger partial charge in [0.2, 0.25) is 0 Å². The van der Waals surface area contributed by atoms with Crippen LogP contribution in [0.4, 0.5) is 0 Å². The van der Waals surface area contributed by atoms with Gasteiger partial charge in [0.15, 0.2) is 6.10 Å². The van der Waals surface area contributed by atoms with Gasteiger partial charge in [0, 0.05) is 18.6 Å². The van der Waals surface area contributed by atoms with Gasteiger partial charge in [-0.15, -0.1) is 0 Å². The minimum atomic E-state index is -4.58. The molecule has 0 aliphatic carbocycles. The summed E-state index contributed by atoms with van der Waals surface area (Å²) in [5, 5.41) is 0. The Morgan fingerprint density at radius 2 is 0.915 bits per heavy atom. The van der Waals surface area contributed by atoms with E-state index in [0.717, 1.165) is 32.1 Å². The maximum absolute atomic E-state index is 12.5. The van der Waals surface area contributed by atoms with Crippen molar-refractivity contribution in [2.75, 3.05) is 25.6 Å². The molecule has 0 bridgehead atoms. The number of esters is 2. The number of carbonyl (C=O) groups excluding carboxylic acids is 2. The largest absolute Gasteiger partial charge is 0.756 e. The number of carbonyl (C=O) groups is 2. The molecule has 0 aromatic heterocycles. The first-order valence-electron chi connectivity index (χ1n) is 19.4. The van der Waals surface area contributed by atoms with Crippen LogP contribution in [-0.4, -0.2) is 43.6 Å². The number of phosphoric ester groups is 1. The topological polar surface area (TPSA) is 111 Å².